The van der Waals surface area contributed by atoms with Gasteiger partial charge < -0.3 is 16.2 Å². The van der Waals surface area contributed by atoms with Crippen molar-refractivity contribution in [3.8, 4) is 6.07 Å². The monoisotopic (exact) mass is 600 g/mol. The average molecular weight is 601 g/mol. The number of allylic oxidation sites excluding steroid dienone is 3. The molecule has 3 aromatic rings. The lowest BCUT2D eigenvalue weighted by atomic mass is 9.68. The molecule has 0 bridgehead atoms. The summed E-state index contributed by atoms with van der Waals surface area (Å²) in [6, 6.07) is 15.9. The van der Waals surface area contributed by atoms with Crippen LogP contribution in [0.5, 0.6) is 0 Å². The van der Waals surface area contributed by atoms with E-state index < -0.39 is 11.9 Å². The Morgan fingerprint density at radius 2 is 1.90 bits per heavy atom. The summed E-state index contributed by atoms with van der Waals surface area (Å²) in [5.74, 6) is -1.68. The van der Waals surface area contributed by atoms with Crippen LogP contribution in [0.1, 0.15) is 54.1 Å². The zero-order valence-corrected chi connectivity index (χ0v) is 24.8. The number of ketones is 1. The molecule has 0 fully saturated rings. The van der Waals surface area contributed by atoms with Gasteiger partial charge in [0.1, 0.15) is 5.82 Å². The number of nitrogens with two attached hydrogens (primary N) is 1. The van der Waals surface area contributed by atoms with Gasteiger partial charge in [0.15, 0.2) is 10.1 Å². The predicted octanol–water partition coefficient (Wildman–Crippen LogP) is 5.22. The molecular weight excluding hydrogens is 573 g/mol. The first kappa shape index (κ1) is 29.0. The molecule has 4 N–H and O–H groups in total. The molecule has 0 saturated heterocycles. The van der Waals surface area contributed by atoms with Crippen molar-refractivity contribution in [2.75, 3.05) is 16.0 Å². The van der Waals surface area contributed by atoms with E-state index >= 15 is 0 Å². The summed E-state index contributed by atoms with van der Waals surface area (Å²) in [4.78, 5) is 39.0. The molecule has 2 aliphatic rings. The summed E-state index contributed by atoms with van der Waals surface area (Å²) in [5, 5.41) is 31.1. The summed E-state index contributed by atoms with van der Waals surface area (Å²) in [7, 11) is 0. The van der Waals surface area contributed by atoms with Gasteiger partial charge in [0.25, 0.3) is 0 Å². The minimum atomic E-state index is -1.05. The number of aromatic nitrogens is 2. The van der Waals surface area contributed by atoms with Gasteiger partial charge in [0, 0.05) is 23.4 Å². The molecular formula is C30H28N6O4S2. The Morgan fingerprint density at radius 1 is 1.19 bits per heavy atom. The first-order valence-corrected chi connectivity index (χ1v) is 14.9. The molecule has 1 aromatic heterocycles. The Hall–Kier alpha value is -4.47. The van der Waals surface area contributed by atoms with Crippen LogP contribution in [0.4, 0.5) is 10.8 Å². The number of Topliss-reactive ketones (excluding diaryl/α,β-unsaturated/α-hetero) is 1. The summed E-state index contributed by atoms with van der Waals surface area (Å²) in [6.45, 7) is 6.02. The van der Waals surface area contributed by atoms with Crippen LogP contribution in [0.25, 0.3) is 0 Å². The van der Waals surface area contributed by atoms with Gasteiger partial charge in [-0.05, 0) is 54.2 Å². The minimum Gasteiger partial charge on any atom is -0.478 e. The highest BCUT2D eigenvalue weighted by atomic mass is 32.2. The van der Waals surface area contributed by atoms with Crippen LogP contribution in [-0.4, -0.2) is 38.7 Å². The number of nitrogens with one attached hydrogen (secondary N) is 1. The molecule has 1 unspecified atom stereocenters. The minimum absolute atomic E-state index is 0.0214. The molecule has 1 aliphatic heterocycles. The number of nitriles is 1. The normalized spacial score (nSPS) is 18.0. The molecule has 12 heteroatoms. The third-order valence-electron chi connectivity index (χ3n) is 7.21. The largest absolute Gasteiger partial charge is 0.478 e. The van der Waals surface area contributed by atoms with Gasteiger partial charge in [-0.15, -0.1) is 10.2 Å². The first-order chi connectivity index (χ1) is 20.0. The van der Waals surface area contributed by atoms with Crippen molar-refractivity contribution >= 4 is 51.6 Å². The molecule has 10 nitrogen and oxygen atoms in total. The smallest absolute Gasteiger partial charge is 0.335 e. The number of benzene rings is 2. The second-order valence-electron chi connectivity index (χ2n) is 10.9. The van der Waals surface area contributed by atoms with Crippen LogP contribution in [-0.2, 0) is 9.59 Å². The fourth-order valence-electron chi connectivity index (χ4n) is 5.32. The molecule has 1 atom stereocenters. The molecule has 42 heavy (non-hydrogen) atoms. The zero-order valence-electron chi connectivity index (χ0n) is 23.2. The Kier molecular flexibility index (Phi) is 7.90. The van der Waals surface area contributed by atoms with Crippen molar-refractivity contribution in [3.63, 3.8) is 0 Å². The van der Waals surface area contributed by atoms with E-state index in [2.05, 4.69) is 21.6 Å². The van der Waals surface area contributed by atoms with Crippen molar-refractivity contribution in [2.45, 2.75) is 43.9 Å². The van der Waals surface area contributed by atoms with E-state index in [1.54, 1.807) is 4.90 Å². The first-order valence-electron chi connectivity index (χ1n) is 13.1. The van der Waals surface area contributed by atoms with E-state index in [4.69, 9.17) is 10.8 Å². The number of thioether (sulfide) groups is 1. The topological polar surface area (TPSA) is 162 Å². The van der Waals surface area contributed by atoms with Crippen molar-refractivity contribution in [1.82, 2.24) is 10.2 Å². The number of anilines is 2. The maximum Gasteiger partial charge on any atom is 0.335 e. The Morgan fingerprint density at radius 3 is 2.57 bits per heavy atom. The molecule has 0 saturated carbocycles. The van der Waals surface area contributed by atoms with Crippen LogP contribution >= 0.6 is 23.1 Å². The van der Waals surface area contributed by atoms with E-state index in [9.17, 15) is 19.6 Å². The predicted molar refractivity (Wildman–Crippen MR) is 161 cm³/mol. The number of hydrogen-bond donors (Lipinski definition) is 3. The fraction of sp³-hybridized carbons (Fsp3) is 0.267. The zero-order chi connectivity index (χ0) is 30.2. The van der Waals surface area contributed by atoms with Gasteiger partial charge in [0.05, 0.1) is 28.9 Å². The van der Waals surface area contributed by atoms with E-state index in [0.717, 1.165) is 16.8 Å². The number of hydrogen-bond acceptors (Lipinski definition) is 10. The molecule has 0 spiro atoms. The molecule has 2 aromatic carbocycles. The van der Waals surface area contributed by atoms with E-state index in [1.165, 1.54) is 47.4 Å². The number of carbonyl (C=O) groups excluding carboxylic acids is 2. The lowest BCUT2D eigenvalue weighted by Gasteiger charge is -2.42. The third kappa shape index (κ3) is 5.66. The fourth-order valence-corrected chi connectivity index (χ4v) is 7.00. The highest BCUT2D eigenvalue weighted by Crippen LogP contribution is 2.51. The van der Waals surface area contributed by atoms with Gasteiger partial charge in [-0.2, -0.15) is 5.26 Å². The summed E-state index contributed by atoms with van der Waals surface area (Å²) in [5.41, 5.74) is 10.4. The number of carbonyl (C=O) groups is 3. The second kappa shape index (κ2) is 11.4. The van der Waals surface area contributed by atoms with E-state index in [-0.39, 0.29) is 39.8 Å². The lowest BCUT2D eigenvalue weighted by molar-refractivity contribution is -0.118. The Balaban J connectivity index is 1.43. The van der Waals surface area contributed by atoms with Crippen LogP contribution in [0.3, 0.4) is 0 Å². The molecule has 0 radical (unpaired) electrons. The summed E-state index contributed by atoms with van der Waals surface area (Å²) in [6.07, 6.45) is 0.910. The van der Waals surface area contributed by atoms with Crippen molar-refractivity contribution in [2.24, 2.45) is 11.1 Å². The molecule has 5 rings (SSSR count). The van der Waals surface area contributed by atoms with Crippen molar-refractivity contribution < 1.29 is 19.5 Å². The second-order valence-corrected chi connectivity index (χ2v) is 13.1. The standard InChI is InChI=1S/C30H28N6O4S2/c1-16-6-4-5-7-19(16)24-20(14-31)26(32)36(21-12-30(2,3)13-22(37)25(21)24)28-34-35-29(42-28)41-15-23(38)33-18-10-8-17(9-11-18)27(39)40/h4-11,24H,12-13,15,32H2,1-3H3,(H,33,38)(H,39,40). The van der Waals surface area contributed by atoms with Crippen molar-refractivity contribution in [1.29, 1.82) is 5.26 Å². The number of rotatable bonds is 7. The SMILES string of the molecule is Cc1ccccc1C1C(C#N)=C(N)N(c2nnc(SCC(=O)Nc3ccc(C(=O)O)cc3)s2)C2=C1C(=O)CC(C)(C)C2. The Labute approximate surface area is 250 Å². The number of carboxylic acid groups (broad SMARTS) is 1. The lowest BCUT2D eigenvalue weighted by Crippen LogP contribution is -2.42. The summed E-state index contributed by atoms with van der Waals surface area (Å²) >= 11 is 2.40. The van der Waals surface area contributed by atoms with Crippen LogP contribution in [0, 0.1) is 23.7 Å². The number of aryl methyl sites for hydroxylation is 1. The van der Waals surface area contributed by atoms with E-state index in [0.29, 0.717) is 33.6 Å². The highest BCUT2D eigenvalue weighted by molar-refractivity contribution is 8.01. The highest BCUT2D eigenvalue weighted by Gasteiger charge is 2.45. The quantitative estimate of drug-likeness (QED) is 0.307. The van der Waals surface area contributed by atoms with Crippen LogP contribution < -0.4 is 16.0 Å². The molecule has 2 heterocycles. The number of amides is 1. The molecule has 1 amide bonds. The Bertz CT molecular complexity index is 1700. The van der Waals surface area contributed by atoms with E-state index in [1.807, 2.05) is 45.0 Å². The van der Waals surface area contributed by atoms with Gasteiger partial charge in [-0.1, -0.05) is 61.2 Å². The number of aromatic carboxylic acids is 1. The maximum atomic E-state index is 13.7. The van der Waals surface area contributed by atoms with Crippen molar-refractivity contribution in [3.05, 3.63) is 87.9 Å². The van der Waals surface area contributed by atoms with Gasteiger partial charge in [0.2, 0.25) is 11.0 Å². The maximum absolute atomic E-state index is 13.7. The third-order valence-corrected chi connectivity index (χ3v) is 9.25. The van der Waals surface area contributed by atoms with Crippen LogP contribution in [0.2, 0.25) is 0 Å². The number of carboxylic acids is 1. The summed E-state index contributed by atoms with van der Waals surface area (Å²) < 4.78 is 0.511. The van der Waals surface area contributed by atoms with Gasteiger partial charge in [-0.25, -0.2) is 4.79 Å². The van der Waals surface area contributed by atoms with Gasteiger partial charge in [-0.3, -0.25) is 14.5 Å². The molecule has 1 aliphatic carbocycles. The van der Waals surface area contributed by atoms with Gasteiger partial charge >= 0.3 is 5.97 Å². The molecule has 214 valence electrons. The average Bonchev–Trinajstić information content (AvgIpc) is 3.40. The number of nitrogens with zero attached hydrogens (tertiary/aromatic N) is 4. The van der Waals surface area contributed by atoms with Crippen LogP contribution in [0.15, 0.2) is 75.5 Å².